The molecule has 3 nitrogen and oxygen atoms in total. The molecule has 0 atom stereocenters. The Bertz CT molecular complexity index is 468. The Morgan fingerprint density at radius 1 is 1.36 bits per heavy atom. The number of hydrogen-bond acceptors (Lipinski definition) is 2. The molecule has 3 rings (SSSR count). The summed E-state index contributed by atoms with van der Waals surface area (Å²) in [6.45, 7) is 0. The third kappa shape index (κ3) is 0.953. The smallest absolute Gasteiger partial charge is 0.138 e. The first-order valence-electron chi connectivity index (χ1n) is 5.09. The van der Waals surface area contributed by atoms with Gasteiger partial charge in [0.25, 0.3) is 0 Å². The molecule has 2 aromatic rings. The lowest BCUT2D eigenvalue weighted by Crippen LogP contribution is -2.11. The molecule has 72 valence electrons. The first-order chi connectivity index (χ1) is 6.86. The van der Waals surface area contributed by atoms with Crippen LogP contribution in [0, 0.1) is 0 Å². The van der Waals surface area contributed by atoms with Crippen LogP contribution in [-0.2, 0) is 0 Å². The summed E-state index contributed by atoms with van der Waals surface area (Å²) in [6, 6.07) is 5.97. The van der Waals surface area contributed by atoms with Crippen LogP contribution in [0.15, 0.2) is 24.4 Å². The van der Waals surface area contributed by atoms with Crippen LogP contribution in [-0.4, -0.2) is 9.38 Å². The van der Waals surface area contributed by atoms with Crippen LogP contribution in [0.2, 0.25) is 0 Å². The van der Waals surface area contributed by atoms with Gasteiger partial charge in [-0.3, -0.25) is 4.40 Å². The first kappa shape index (κ1) is 7.85. The van der Waals surface area contributed by atoms with Gasteiger partial charge in [0.05, 0.1) is 5.69 Å². The van der Waals surface area contributed by atoms with E-state index in [2.05, 4.69) is 4.98 Å². The topological polar surface area (TPSA) is 43.3 Å². The Hall–Kier alpha value is -1.51. The van der Waals surface area contributed by atoms with E-state index in [1.807, 2.05) is 28.8 Å². The van der Waals surface area contributed by atoms with Crippen LogP contribution < -0.4 is 5.73 Å². The van der Waals surface area contributed by atoms with Gasteiger partial charge in [-0.1, -0.05) is 12.5 Å². The Balaban J connectivity index is 2.19. The molecule has 0 saturated heterocycles. The predicted octanol–water partition coefficient (Wildman–Crippen LogP) is 2.18. The standard InChI is InChI=1S/C11H13N3/c12-11-10(8-4-3-5-8)13-9-6-1-2-7-14(9)11/h1-2,6-8H,3-5,12H2. The SMILES string of the molecule is Nc1c(C2CCC2)nc2ccccn12. The fourth-order valence-corrected chi connectivity index (χ4v) is 2.02. The maximum absolute atomic E-state index is 6.05. The molecule has 0 amide bonds. The van der Waals surface area contributed by atoms with Crippen molar-refractivity contribution in [3.63, 3.8) is 0 Å². The summed E-state index contributed by atoms with van der Waals surface area (Å²) in [5, 5.41) is 0. The molecule has 2 aromatic heterocycles. The Morgan fingerprint density at radius 2 is 2.21 bits per heavy atom. The van der Waals surface area contributed by atoms with Crippen molar-refractivity contribution in [1.29, 1.82) is 0 Å². The van der Waals surface area contributed by atoms with Crippen molar-refractivity contribution in [2.75, 3.05) is 5.73 Å². The normalized spacial score (nSPS) is 17.1. The molecule has 2 heterocycles. The molecule has 14 heavy (non-hydrogen) atoms. The molecule has 0 unspecified atom stereocenters. The minimum Gasteiger partial charge on any atom is -0.383 e. The maximum Gasteiger partial charge on any atom is 0.138 e. The molecule has 0 aromatic carbocycles. The van der Waals surface area contributed by atoms with E-state index < -0.39 is 0 Å². The summed E-state index contributed by atoms with van der Waals surface area (Å²) in [5.74, 6) is 1.43. The van der Waals surface area contributed by atoms with Crippen molar-refractivity contribution in [2.45, 2.75) is 25.2 Å². The first-order valence-corrected chi connectivity index (χ1v) is 5.09. The van der Waals surface area contributed by atoms with Crippen LogP contribution in [0.5, 0.6) is 0 Å². The number of anilines is 1. The number of nitrogen functional groups attached to an aromatic ring is 1. The maximum atomic E-state index is 6.05. The van der Waals surface area contributed by atoms with E-state index in [0.717, 1.165) is 17.2 Å². The quantitative estimate of drug-likeness (QED) is 0.743. The molecule has 1 aliphatic carbocycles. The van der Waals surface area contributed by atoms with Crippen LogP contribution in [0.1, 0.15) is 30.9 Å². The minimum absolute atomic E-state index is 0.606. The average molecular weight is 187 g/mol. The largest absolute Gasteiger partial charge is 0.383 e. The lowest BCUT2D eigenvalue weighted by molar-refractivity contribution is 0.414. The van der Waals surface area contributed by atoms with Crippen molar-refractivity contribution in [1.82, 2.24) is 9.38 Å². The van der Waals surface area contributed by atoms with Gasteiger partial charge in [0, 0.05) is 12.1 Å². The van der Waals surface area contributed by atoms with Crippen LogP contribution in [0.25, 0.3) is 5.65 Å². The van der Waals surface area contributed by atoms with Gasteiger partial charge in [-0.2, -0.15) is 0 Å². The Kier molecular flexibility index (Phi) is 1.54. The number of aromatic nitrogens is 2. The summed E-state index contributed by atoms with van der Waals surface area (Å²) in [7, 11) is 0. The highest BCUT2D eigenvalue weighted by atomic mass is 15.1. The van der Waals surface area contributed by atoms with Gasteiger partial charge < -0.3 is 5.73 Å². The summed E-state index contributed by atoms with van der Waals surface area (Å²) in [5.41, 5.74) is 8.11. The highest BCUT2D eigenvalue weighted by Gasteiger charge is 2.25. The zero-order valence-electron chi connectivity index (χ0n) is 7.98. The second-order valence-corrected chi connectivity index (χ2v) is 3.94. The lowest BCUT2D eigenvalue weighted by atomic mass is 9.83. The molecule has 0 bridgehead atoms. The van der Waals surface area contributed by atoms with E-state index in [-0.39, 0.29) is 0 Å². The van der Waals surface area contributed by atoms with Crippen molar-refractivity contribution in [2.24, 2.45) is 0 Å². The van der Waals surface area contributed by atoms with E-state index in [9.17, 15) is 0 Å². The third-order valence-electron chi connectivity index (χ3n) is 3.09. The third-order valence-corrected chi connectivity index (χ3v) is 3.09. The van der Waals surface area contributed by atoms with Crippen molar-refractivity contribution < 1.29 is 0 Å². The number of pyridine rings is 1. The molecular formula is C11H13N3. The van der Waals surface area contributed by atoms with Crippen LogP contribution >= 0.6 is 0 Å². The lowest BCUT2D eigenvalue weighted by Gasteiger charge is -2.23. The van der Waals surface area contributed by atoms with E-state index in [1.54, 1.807) is 0 Å². The Labute approximate surface area is 82.6 Å². The zero-order chi connectivity index (χ0) is 9.54. The summed E-state index contributed by atoms with van der Waals surface area (Å²) in [4.78, 5) is 4.57. The summed E-state index contributed by atoms with van der Waals surface area (Å²) >= 11 is 0. The van der Waals surface area contributed by atoms with Gasteiger partial charge in [-0.15, -0.1) is 0 Å². The fraction of sp³-hybridized carbons (Fsp3) is 0.364. The molecule has 0 spiro atoms. The second-order valence-electron chi connectivity index (χ2n) is 3.94. The zero-order valence-corrected chi connectivity index (χ0v) is 7.98. The number of hydrogen-bond donors (Lipinski definition) is 1. The molecule has 3 heteroatoms. The van der Waals surface area contributed by atoms with Gasteiger partial charge in [0.1, 0.15) is 11.5 Å². The highest BCUT2D eigenvalue weighted by Crippen LogP contribution is 2.38. The number of nitrogens with two attached hydrogens (primary N) is 1. The van der Waals surface area contributed by atoms with E-state index in [1.165, 1.54) is 19.3 Å². The second kappa shape index (κ2) is 2.74. The Morgan fingerprint density at radius 3 is 2.86 bits per heavy atom. The van der Waals surface area contributed by atoms with Gasteiger partial charge in [0.15, 0.2) is 0 Å². The molecule has 1 aliphatic rings. The minimum atomic E-state index is 0.606. The van der Waals surface area contributed by atoms with Crippen molar-refractivity contribution in [3.05, 3.63) is 30.1 Å². The summed E-state index contributed by atoms with van der Waals surface area (Å²) < 4.78 is 1.97. The van der Waals surface area contributed by atoms with Gasteiger partial charge in [-0.25, -0.2) is 4.98 Å². The summed E-state index contributed by atoms with van der Waals surface area (Å²) in [6.07, 6.45) is 5.78. The molecule has 1 fully saturated rings. The van der Waals surface area contributed by atoms with E-state index >= 15 is 0 Å². The highest BCUT2D eigenvalue weighted by molar-refractivity contribution is 5.53. The molecule has 0 radical (unpaired) electrons. The van der Waals surface area contributed by atoms with Gasteiger partial charge in [0.2, 0.25) is 0 Å². The van der Waals surface area contributed by atoms with E-state index in [4.69, 9.17) is 5.73 Å². The molecular weight excluding hydrogens is 174 g/mol. The monoisotopic (exact) mass is 187 g/mol. The van der Waals surface area contributed by atoms with Crippen molar-refractivity contribution >= 4 is 11.5 Å². The number of nitrogens with zero attached hydrogens (tertiary/aromatic N) is 2. The molecule has 2 N–H and O–H groups in total. The van der Waals surface area contributed by atoms with Crippen LogP contribution in [0.3, 0.4) is 0 Å². The number of fused-ring (bicyclic) bond motifs is 1. The number of rotatable bonds is 1. The van der Waals surface area contributed by atoms with Crippen molar-refractivity contribution in [3.8, 4) is 0 Å². The fourth-order valence-electron chi connectivity index (χ4n) is 2.02. The molecule has 0 aliphatic heterocycles. The van der Waals surface area contributed by atoms with Crippen LogP contribution in [0.4, 0.5) is 5.82 Å². The predicted molar refractivity (Wildman–Crippen MR) is 56.2 cm³/mol. The average Bonchev–Trinajstić information content (AvgIpc) is 2.43. The molecule has 1 saturated carbocycles. The number of imidazole rings is 1. The van der Waals surface area contributed by atoms with Gasteiger partial charge >= 0.3 is 0 Å². The van der Waals surface area contributed by atoms with Gasteiger partial charge in [-0.05, 0) is 25.0 Å². The van der Waals surface area contributed by atoms with E-state index in [0.29, 0.717) is 5.92 Å².